The SMILES string of the molecule is CNc1ccc(OCC(F)F)c(C)c1. The third kappa shape index (κ3) is 2.87. The van der Waals surface area contributed by atoms with Crippen molar-refractivity contribution in [3.63, 3.8) is 0 Å². The van der Waals surface area contributed by atoms with Gasteiger partial charge in [0.1, 0.15) is 12.4 Å². The molecule has 0 fully saturated rings. The van der Waals surface area contributed by atoms with Crippen LogP contribution in [0.3, 0.4) is 0 Å². The van der Waals surface area contributed by atoms with Gasteiger partial charge < -0.3 is 10.1 Å². The third-order valence-electron chi connectivity index (χ3n) is 1.83. The molecule has 0 radical (unpaired) electrons. The van der Waals surface area contributed by atoms with Crippen LogP contribution in [-0.4, -0.2) is 20.1 Å². The Morgan fingerprint density at radius 2 is 2.14 bits per heavy atom. The molecular weight excluding hydrogens is 188 g/mol. The van der Waals surface area contributed by atoms with Gasteiger partial charge in [-0.2, -0.15) is 0 Å². The molecule has 0 aliphatic heterocycles. The fourth-order valence-corrected chi connectivity index (χ4v) is 1.12. The minimum atomic E-state index is -2.43. The summed E-state index contributed by atoms with van der Waals surface area (Å²) in [6.45, 7) is 1.27. The quantitative estimate of drug-likeness (QED) is 0.808. The molecule has 0 aromatic heterocycles. The summed E-state index contributed by atoms with van der Waals surface area (Å²) in [6, 6.07) is 5.32. The van der Waals surface area contributed by atoms with Gasteiger partial charge >= 0.3 is 0 Å². The van der Waals surface area contributed by atoms with E-state index in [-0.39, 0.29) is 0 Å². The Kier molecular flexibility index (Phi) is 3.68. The van der Waals surface area contributed by atoms with Gasteiger partial charge in [0, 0.05) is 12.7 Å². The van der Waals surface area contributed by atoms with Crippen molar-refractivity contribution >= 4 is 5.69 Å². The molecule has 0 spiro atoms. The van der Waals surface area contributed by atoms with Crippen molar-refractivity contribution in [2.75, 3.05) is 19.0 Å². The zero-order chi connectivity index (χ0) is 10.6. The zero-order valence-electron chi connectivity index (χ0n) is 8.18. The second kappa shape index (κ2) is 4.79. The van der Waals surface area contributed by atoms with Gasteiger partial charge in [0.25, 0.3) is 6.43 Å². The Morgan fingerprint density at radius 3 is 2.64 bits per heavy atom. The van der Waals surface area contributed by atoms with Crippen molar-refractivity contribution in [1.29, 1.82) is 0 Å². The molecule has 78 valence electrons. The molecule has 1 aromatic rings. The van der Waals surface area contributed by atoms with Crippen LogP contribution in [0, 0.1) is 6.92 Å². The minimum Gasteiger partial charge on any atom is -0.487 e. The molecule has 0 amide bonds. The second-order valence-electron chi connectivity index (χ2n) is 2.93. The molecule has 0 aliphatic rings. The summed E-state index contributed by atoms with van der Waals surface area (Å²) in [4.78, 5) is 0. The average Bonchev–Trinajstić information content (AvgIpc) is 2.15. The van der Waals surface area contributed by atoms with E-state index in [9.17, 15) is 8.78 Å². The first-order chi connectivity index (χ1) is 6.63. The van der Waals surface area contributed by atoms with Crippen LogP contribution >= 0.6 is 0 Å². The molecular formula is C10H13F2NO. The number of anilines is 1. The smallest absolute Gasteiger partial charge is 0.272 e. The average molecular weight is 201 g/mol. The molecule has 1 aromatic carbocycles. The van der Waals surface area contributed by atoms with Crippen molar-refractivity contribution in [3.8, 4) is 5.75 Å². The monoisotopic (exact) mass is 201 g/mol. The maximum Gasteiger partial charge on any atom is 0.272 e. The summed E-state index contributed by atoms with van der Waals surface area (Å²) in [5, 5.41) is 2.96. The highest BCUT2D eigenvalue weighted by atomic mass is 19.3. The first-order valence-electron chi connectivity index (χ1n) is 4.33. The van der Waals surface area contributed by atoms with Gasteiger partial charge in [-0.25, -0.2) is 8.78 Å². The fourth-order valence-electron chi connectivity index (χ4n) is 1.12. The lowest BCUT2D eigenvalue weighted by molar-refractivity contribution is 0.0816. The van der Waals surface area contributed by atoms with Crippen LogP contribution in [0.2, 0.25) is 0 Å². The number of ether oxygens (including phenoxy) is 1. The fraction of sp³-hybridized carbons (Fsp3) is 0.400. The van der Waals surface area contributed by atoms with E-state index in [0.717, 1.165) is 11.3 Å². The summed E-state index contributed by atoms with van der Waals surface area (Å²) >= 11 is 0. The Morgan fingerprint density at radius 1 is 1.43 bits per heavy atom. The molecule has 0 saturated heterocycles. The summed E-state index contributed by atoms with van der Waals surface area (Å²) in [7, 11) is 1.80. The van der Waals surface area contributed by atoms with Crippen LogP contribution < -0.4 is 10.1 Å². The van der Waals surface area contributed by atoms with E-state index in [1.807, 2.05) is 13.0 Å². The van der Waals surface area contributed by atoms with Gasteiger partial charge in [0.05, 0.1) is 0 Å². The predicted molar refractivity (Wildman–Crippen MR) is 52.2 cm³/mol. The molecule has 0 saturated carbocycles. The highest BCUT2D eigenvalue weighted by Crippen LogP contribution is 2.21. The Hall–Kier alpha value is -1.32. The van der Waals surface area contributed by atoms with Crippen LogP contribution in [0.1, 0.15) is 5.56 Å². The maximum atomic E-state index is 11.9. The van der Waals surface area contributed by atoms with Gasteiger partial charge in [-0.1, -0.05) is 0 Å². The number of aryl methyl sites for hydroxylation is 1. The first kappa shape index (κ1) is 10.8. The normalized spacial score (nSPS) is 10.4. The molecule has 0 unspecified atom stereocenters. The minimum absolute atomic E-state index is 0.504. The van der Waals surface area contributed by atoms with Crippen LogP contribution in [0.15, 0.2) is 18.2 Å². The zero-order valence-corrected chi connectivity index (χ0v) is 8.18. The molecule has 0 heterocycles. The number of nitrogens with one attached hydrogen (secondary N) is 1. The number of hydrogen-bond donors (Lipinski definition) is 1. The summed E-state index contributed by atoms with van der Waals surface area (Å²) in [5.74, 6) is 0.504. The van der Waals surface area contributed by atoms with E-state index < -0.39 is 13.0 Å². The highest BCUT2D eigenvalue weighted by Gasteiger charge is 2.05. The van der Waals surface area contributed by atoms with Crippen LogP contribution in [0.5, 0.6) is 5.75 Å². The lowest BCUT2D eigenvalue weighted by Gasteiger charge is -2.09. The number of rotatable bonds is 4. The van der Waals surface area contributed by atoms with Crippen LogP contribution in [0.4, 0.5) is 14.5 Å². The lowest BCUT2D eigenvalue weighted by Crippen LogP contribution is -2.07. The summed E-state index contributed by atoms with van der Waals surface area (Å²) < 4.78 is 28.6. The van der Waals surface area contributed by atoms with E-state index >= 15 is 0 Å². The van der Waals surface area contributed by atoms with Crippen molar-refractivity contribution in [2.24, 2.45) is 0 Å². The topological polar surface area (TPSA) is 21.3 Å². The molecule has 1 N–H and O–H groups in total. The largest absolute Gasteiger partial charge is 0.487 e. The summed E-state index contributed by atoms with van der Waals surface area (Å²) in [6.07, 6.45) is -2.43. The number of halogens is 2. The van der Waals surface area contributed by atoms with E-state index in [0.29, 0.717) is 5.75 Å². The van der Waals surface area contributed by atoms with Gasteiger partial charge in [-0.05, 0) is 30.7 Å². The molecule has 4 heteroatoms. The second-order valence-corrected chi connectivity index (χ2v) is 2.93. The van der Waals surface area contributed by atoms with E-state index in [2.05, 4.69) is 5.32 Å². The Balaban J connectivity index is 2.69. The number of alkyl halides is 2. The molecule has 2 nitrogen and oxygen atoms in total. The number of hydrogen-bond acceptors (Lipinski definition) is 2. The maximum absolute atomic E-state index is 11.9. The summed E-state index contributed by atoms with van der Waals surface area (Å²) in [5.41, 5.74) is 1.78. The molecule has 14 heavy (non-hydrogen) atoms. The van der Waals surface area contributed by atoms with Gasteiger partial charge in [-0.15, -0.1) is 0 Å². The highest BCUT2D eigenvalue weighted by molar-refractivity contribution is 5.50. The first-order valence-corrected chi connectivity index (χ1v) is 4.33. The molecule has 1 rings (SSSR count). The van der Waals surface area contributed by atoms with Crippen LogP contribution in [0.25, 0.3) is 0 Å². The van der Waals surface area contributed by atoms with E-state index in [1.165, 1.54) is 0 Å². The Labute approximate surface area is 81.9 Å². The van der Waals surface area contributed by atoms with Gasteiger partial charge in [0.2, 0.25) is 0 Å². The van der Waals surface area contributed by atoms with E-state index in [1.54, 1.807) is 19.2 Å². The molecule has 0 bridgehead atoms. The van der Waals surface area contributed by atoms with Gasteiger partial charge in [-0.3, -0.25) is 0 Å². The Bertz CT molecular complexity index is 302. The van der Waals surface area contributed by atoms with Gasteiger partial charge in [0.15, 0.2) is 0 Å². The van der Waals surface area contributed by atoms with Crippen LogP contribution in [-0.2, 0) is 0 Å². The predicted octanol–water partition coefficient (Wildman–Crippen LogP) is 2.68. The third-order valence-corrected chi connectivity index (χ3v) is 1.83. The molecule has 0 aliphatic carbocycles. The standard InChI is InChI=1S/C10H13F2NO/c1-7-5-8(13-2)3-4-9(7)14-6-10(11)12/h3-5,10,13H,6H2,1-2H3. The lowest BCUT2D eigenvalue weighted by atomic mass is 10.2. The number of benzene rings is 1. The van der Waals surface area contributed by atoms with Crippen molar-refractivity contribution in [3.05, 3.63) is 23.8 Å². The van der Waals surface area contributed by atoms with Crippen molar-refractivity contribution in [2.45, 2.75) is 13.3 Å². The molecule has 0 atom stereocenters. The van der Waals surface area contributed by atoms with Crippen molar-refractivity contribution < 1.29 is 13.5 Å². The van der Waals surface area contributed by atoms with Crippen molar-refractivity contribution in [1.82, 2.24) is 0 Å². The van der Waals surface area contributed by atoms with E-state index in [4.69, 9.17) is 4.74 Å².